The van der Waals surface area contributed by atoms with Crippen molar-refractivity contribution in [3.8, 4) is 11.8 Å². The number of anilines is 2. The number of hydrogen-bond acceptors (Lipinski definition) is 10. The first-order valence-electron chi connectivity index (χ1n) is 20.3. The van der Waals surface area contributed by atoms with E-state index in [1.54, 1.807) is 17.1 Å². The Balaban J connectivity index is 0.784. The van der Waals surface area contributed by atoms with Crippen molar-refractivity contribution in [2.75, 3.05) is 56.2 Å². The largest absolute Gasteiger partial charge is 0.377 e. The van der Waals surface area contributed by atoms with Gasteiger partial charge in [-0.1, -0.05) is 24.0 Å². The average molecular weight is 798 g/mol. The predicted molar refractivity (Wildman–Crippen MR) is 211 cm³/mol. The van der Waals surface area contributed by atoms with Gasteiger partial charge in [0.25, 0.3) is 12.3 Å². The number of fused-ring (bicyclic) bond motifs is 1. The van der Waals surface area contributed by atoms with Crippen molar-refractivity contribution < 1.29 is 32.6 Å². The van der Waals surface area contributed by atoms with Crippen LogP contribution in [-0.4, -0.2) is 105 Å². The Labute approximate surface area is 335 Å². The molecule has 1 aromatic carbocycles. The molecule has 14 nitrogen and oxygen atoms in total. The van der Waals surface area contributed by atoms with Crippen LogP contribution in [-0.2, 0) is 19.1 Å². The molecule has 4 aliphatic rings. The molecule has 0 radical (unpaired) electrons. The lowest BCUT2D eigenvalue weighted by Gasteiger charge is -2.36. The minimum absolute atomic E-state index is 0.00353. The number of morpholine rings is 1. The van der Waals surface area contributed by atoms with E-state index < -0.39 is 18.0 Å². The van der Waals surface area contributed by atoms with E-state index in [2.05, 4.69) is 42.5 Å². The highest BCUT2D eigenvalue weighted by molar-refractivity contribution is 6.08. The van der Waals surface area contributed by atoms with Crippen LogP contribution in [0.4, 0.5) is 20.3 Å². The minimum atomic E-state index is -2.85. The summed E-state index contributed by atoms with van der Waals surface area (Å²) in [6.45, 7) is 7.12. The lowest BCUT2D eigenvalue weighted by molar-refractivity contribution is -0.134. The molecule has 3 amide bonds. The summed E-state index contributed by atoms with van der Waals surface area (Å²) >= 11 is 0. The lowest BCUT2D eigenvalue weighted by Crippen LogP contribution is -2.44. The van der Waals surface area contributed by atoms with Crippen molar-refractivity contribution in [1.29, 1.82) is 0 Å². The van der Waals surface area contributed by atoms with Gasteiger partial charge in [0.1, 0.15) is 18.0 Å². The Kier molecular flexibility index (Phi) is 12.1. The molecule has 6 heterocycles. The number of piperidine rings is 2. The number of carbonyl (C=O) groups is 3. The van der Waals surface area contributed by atoms with Crippen LogP contribution in [0.5, 0.6) is 0 Å². The Bertz CT molecular complexity index is 2160. The van der Waals surface area contributed by atoms with E-state index in [1.165, 1.54) is 10.7 Å². The maximum atomic E-state index is 14.2. The Morgan fingerprint density at radius 3 is 2.59 bits per heavy atom. The zero-order valence-corrected chi connectivity index (χ0v) is 32.6. The maximum Gasteiger partial charge on any atom is 0.284 e. The van der Waals surface area contributed by atoms with Gasteiger partial charge in [-0.25, -0.2) is 18.3 Å². The van der Waals surface area contributed by atoms with Crippen molar-refractivity contribution in [1.82, 2.24) is 34.6 Å². The van der Waals surface area contributed by atoms with Gasteiger partial charge in [0.2, 0.25) is 11.8 Å². The van der Waals surface area contributed by atoms with E-state index in [0.717, 1.165) is 69.3 Å². The second kappa shape index (κ2) is 17.7. The van der Waals surface area contributed by atoms with Crippen LogP contribution < -0.4 is 15.5 Å². The molecule has 2 atom stereocenters. The van der Waals surface area contributed by atoms with Gasteiger partial charge in [0, 0.05) is 50.6 Å². The number of nitrogens with zero attached hydrogens (tertiary/aromatic N) is 7. The molecule has 0 bridgehead atoms. The van der Waals surface area contributed by atoms with Gasteiger partial charge in [-0.2, -0.15) is 10.2 Å². The first-order chi connectivity index (χ1) is 28.2. The van der Waals surface area contributed by atoms with Crippen LogP contribution in [0.3, 0.4) is 0 Å². The summed E-state index contributed by atoms with van der Waals surface area (Å²) in [4.78, 5) is 46.4. The molecule has 306 valence electrons. The van der Waals surface area contributed by atoms with Gasteiger partial charge < -0.3 is 24.6 Å². The molecule has 3 aromatic heterocycles. The van der Waals surface area contributed by atoms with E-state index in [1.807, 2.05) is 37.3 Å². The highest BCUT2D eigenvalue weighted by Gasteiger charge is 2.31. The Hall–Kier alpha value is -5.24. The molecule has 4 aromatic rings. The molecule has 3 aliphatic heterocycles. The molecule has 8 rings (SSSR count). The molecular weight excluding hydrogens is 749 g/mol. The highest BCUT2D eigenvalue weighted by atomic mass is 19.3. The van der Waals surface area contributed by atoms with Gasteiger partial charge in [0.05, 0.1) is 49.2 Å². The summed E-state index contributed by atoms with van der Waals surface area (Å²) < 4.78 is 43.2. The van der Waals surface area contributed by atoms with Crippen molar-refractivity contribution in [3.63, 3.8) is 0 Å². The Morgan fingerprint density at radius 2 is 1.84 bits per heavy atom. The van der Waals surface area contributed by atoms with Crippen LogP contribution in [0.2, 0.25) is 0 Å². The molecule has 2 N–H and O–H groups in total. The molecule has 1 saturated carbocycles. The zero-order chi connectivity index (χ0) is 40.2. The van der Waals surface area contributed by atoms with Gasteiger partial charge in [-0.05, 0) is 81.5 Å². The first-order valence-corrected chi connectivity index (χ1v) is 20.3. The van der Waals surface area contributed by atoms with Crippen LogP contribution in [0.25, 0.3) is 5.65 Å². The number of rotatable bonds is 10. The number of aromatic nitrogens is 5. The van der Waals surface area contributed by atoms with Crippen molar-refractivity contribution in [3.05, 3.63) is 71.3 Å². The number of nitrogens with one attached hydrogen (secondary N) is 2. The summed E-state index contributed by atoms with van der Waals surface area (Å²) in [7, 11) is 0. The maximum absolute atomic E-state index is 14.2. The monoisotopic (exact) mass is 797 g/mol. The third-order valence-electron chi connectivity index (χ3n) is 11.9. The summed E-state index contributed by atoms with van der Waals surface area (Å²) in [5.41, 5.74) is 1.82. The number of hydrogen-bond donors (Lipinski definition) is 2. The van der Waals surface area contributed by atoms with Crippen LogP contribution in [0, 0.1) is 17.8 Å². The van der Waals surface area contributed by atoms with Crippen molar-refractivity contribution >= 4 is 34.9 Å². The predicted octanol–water partition coefficient (Wildman–Crippen LogP) is 5.13. The molecule has 16 heteroatoms. The normalized spacial score (nSPS) is 23.5. The standard InChI is InChI=1S/C42H49F2N9O5/c1-27-26-57-22-20-51(27)36-16-19-52-40(47-36)34(23-45-52)42(56)46-35-25-53(49-38(35)39(43)44)31-10-6-29(7-11-31)24-50-17-14-32(15-18-50)58-21-2-3-28-4-8-30(9-5-28)33-12-13-37(54)48-41(33)55/h4-5,8-9,16,19,23,25,27,29,31-33,39H,6-7,10-15,17-18,20-22,24,26H2,1H3,(H,46,56)(H,48,54,55)/t27-,29-,31-,33?/m1/s1. The van der Waals surface area contributed by atoms with Gasteiger partial charge >= 0.3 is 0 Å². The molecule has 58 heavy (non-hydrogen) atoms. The second-order valence-corrected chi connectivity index (χ2v) is 15.8. The average Bonchev–Trinajstić information content (AvgIpc) is 3.86. The van der Waals surface area contributed by atoms with E-state index in [-0.39, 0.29) is 47.2 Å². The number of halogens is 2. The Morgan fingerprint density at radius 1 is 1.05 bits per heavy atom. The van der Waals surface area contributed by atoms with Gasteiger partial charge in [-0.15, -0.1) is 0 Å². The number of carbonyl (C=O) groups excluding carboxylic acids is 3. The molecule has 4 fully saturated rings. The lowest BCUT2D eigenvalue weighted by atomic mass is 9.85. The fourth-order valence-electron chi connectivity index (χ4n) is 8.61. The third kappa shape index (κ3) is 9.06. The zero-order valence-electron chi connectivity index (χ0n) is 32.6. The van der Waals surface area contributed by atoms with Crippen LogP contribution in [0.1, 0.15) is 104 Å². The molecule has 3 saturated heterocycles. The highest BCUT2D eigenvalue weighted by Crippen LogP contribution is 2.36. The number of alkyl halides is 2. The quantitative estimate of drug-likeness (QED) is 0.164. The molecule has 1 unspecified atom stereocenters. The van der Waals surface area contributed by atoms with Crippen LogP contribution >= 0.6 is 0 Å². The summed E-state index contributed by atoms with van der Waals surface area (Å²) in [5.74, 6) is 6.12. The van der Waals surface area contributed by atoms with E-state index in [9.17, 15) is 23.2 Å². The molecule has 0 spiro atoms. The summed E-state index contributed by atoms with van der Waals surface area (Å²) in [6.07, 6.45) is 8.32. The number of benzene rings is 1. The SMILES string of the molecule is C[C@@H]1COCCN1c1ccn2ncc(C(=O)Nc3cn([C@H]4CC[C@H](CN5CCC(OCC#Cc6ccc(C7CCC(=O)NC7=O)cc6)CC5)CC4)nc3C(F)F)c2n1. The van der Waals surface area contributed by atoms with E-state index in [0.29, 0.717) is 56.6 Å². The number of ether oxygens (including phenoxy) is 2. The van der Waals surface area contributed by atoms with E-state index >= 15 is 0 Å². The van der Waals surface area contributed by atoms with Crippen LogP contribution in [0.15, 0.2) is 48.9 Å². The summed E-state index contributed by atoms with van der Waals surface area (Å²) in [6, 6.07) is 9.52. The molecule has 1 aliphatic carbocycles. The smallest absolute Gasteiger partial charge is 0.284 e. The second-order valence-electron chi connectivity index (χ2n) is 15.8. The number of imide groups is 1. The van der Waals surface area contributed by atoms with Crippen molar-refractivity contribution in [2.24, 2.45) is 5.92 Å². The topological polar surface area (TPSA) is 148 Å². The number of amides is 3. The van der Waals surface area contributed by atoms with Gasteiger partial charge in [-0.3, -0.25) is 24.4 Å². The first kappa shape index (κ1) is 39.6. The minimum Gasteiger partial charge on any atom is -0.377 e. The van der Waals surface area contributed by atoms with Crippen molar-refractivity contribution in [2.45, 2.75) is 88.8 Å². The number of likely N-dealkylation sites (tertiary alicyclic amines) is 1. The fraction of sp³-hybridized carbons (Fsp3) is 0.524. The molecular formula is C42H49F2N9O5. The fourth-order valence-corrected chi connectivity index (χ4v) is 8.61. The third-order valence-corrected chi connectivity index (χ3v) is 11.9. The van der Waals surface area contributed by atoms with Gasteiger partial charge in [0.15, 0.2) is 11.3 Å². The van der Waals surface area contributed by atoms with E-state index in [4.69, 9.17) is 14.5 Å². The summed E-state index contributed by atoms with van der Waals surface area (Å²) in [5, 5.41) is 13.6.